The molecule has 0 aliphatic carbocycles. The Morgan fingerprint density at radius 3 is 2.41 bits per heavy atom. The van der Waals surface area contributed by atoms with E-state index in [4.69, 9.17) is 17.3 Å². The van der Waals surface area contributed by atoms with Crippen LogP contribution in [0.2, 0.25) is 5.02 Å². The molecule has 3 nitrogen and oxygen atoms in total. The van der Waals surface area contributed by atoms with E-state index in [0.29, 0.717) is 5.02 Å². The van der Waals surface area contributed by atoms with Crippen LogP contribution in [0.4, 0.5) is 0 Å². The highest BCUT2D eigenvalue weighted by molar-refractivity contribution is 6.30. The molecule has 0 aromatic heterocycles. The van der Waals surface area contributed by atoms with Crippen LogP contribution in [-0.2, 0) is 11.2 Å². The molecule has 94 valence electrons. The molecule has 1 rings (SSSR count). The Kier molecular flexibility index (Phi) is 3.84. The van der Waals surface area contributed by atoms with Crippen molar-refractivity contribution >= 4 is 17.6 Å². The quantitative estimate of drug-likeness (QED) is 0.873. The molecular formula is C13H18ClNO2. The highest BCUT2D eigenvalue weighted by atomic mass is 35.5. The summed E-state index contributed by atoms with van der Waals surface area (Å²) in [6.07, 6.45) is 0.256. The van der Waals surface area contributed by atoms with Crippen molar-refractivity contribution in [2.75, 3.05) is 0 Å². The Bertz CT molecular complexity index is 426. The Hall–Kier alpha value is -1.06. The van der Waals surface area contributed by atoms with Gasteiger partial charge < -0.3 is 10.8 Å². The van der Waals surface area contributed by atoms with Crippen molar-refractivity contribution in [3.63, 3.8) is 0 Å². The van der Waals surface area contributed by atoms with E-state index >= 15 is 0 Å². The molecule has 0 saturated heterocycles. The summed E-state index contributed by atoms with van der Waals surface area (Å²) in [4.78, 5) is 11.4. The van der Waals surface area contributed by atoms with Crippen LogP contribution in [0.1, 0.15) is 26.3 Å². The zero-order valence-electron chi connectivity index (χ0n) is 10.3. The highest BCUT2D eigenvalue weighted by Crippen LogP contribution is 2.32. The van der Waals surface area contributed by atoms with Gasteiger partial charge in [-0.2, -0.15) is 0 Å². The van der Waals surface area contributed by atoms with E-state index in [2.05, 4.69) is 0 Å². The van der Waals surface area contributed by atoms with Crippen molar-refractivity contribution in [2.45, 2.75) is 32.7 Å². The number of halogens is 1. The molecule has 0 fully saturated rings. The molecule has 1 aromatic carbocycles. The van der Waals surface area contributed by atoms with Gasteiger partial charge in [-0.25, -0.2) is 0 Å². The minimum absolute atomic E-state index is 0.256. The van der Waals surface area contributed by atoms with Gasteiger partial charge in [0.2, 0.25) is 0 Å². The molecule has 0 heterocycles. The number of hydrogen-bond acceptors (Lipinski definition) is 2. The zero-order valence-corrected chi connectivity index (χ0v) is 11.1. The predicted molar refractivity (Wildman–Crippen MR) is 69.2 cm³/mol. The molecule has 0 radical (unpaired) electrons. The third-order valence-electron chi connectivity index (χ3n) is 3.09. The third kappa shape index (κ3) is 2.99. The Morgan fingerprint density at radius 1 is 1.41 bits per heavy atom. The smallest absolute Gasteiger partial charge is 0.324 e. The lowest BCUT2D eigenvalue weighted by atomic mass is 9.71. The summed E-state index contributed by atoms with van der Waals surface area (Å²) >= 11 is 5.88. The maximum atomic E-state index is 11.4. The third-order valence-corrected chi connectivity index (χ3v) is 3.33. The van der Waals surface area contributed by atoms with Crippen molar-refractivity contribution < 1.29 is 9.90 Å². The molecule has 1 atom stereocenters. The lowest BCUT2D eigenvalue weighted by Crippen LogP contribution is -2.59. The zero-order chi connectivity index (χ0) is 13.3. The number of carbonyl (C=O) groups is 1. The Balaban J connectivity index is 3.08. The van der Waals surface area contributed by atoms with Crippen LogP contribution in [0.5, 0.6) is 0 Å². The predicted octanol–water partition coefficient (Wildman–Crippen LogP) is 2.71. The van der Waals surface area contributed by atoms with Gasteiger partial charge in [0, 0.05) is 11.4 Å². The summed E-state index contributed by atoms with van der Waals surface area (Å²) in [6.45, 7) is 5.48. The summed E-state index contributed by atoms with van der Waals surface area (Å²) in [7, 11) is 0. The number of carboxylic acids is 1. The van der Waals surface area contributed by atoms with E-state index in [0.717, 1.165) is 5.56 Å². The van der Waals surface area contributed by atoms with Gasteiger partial charge in [-0.05, 0) is 23.1 Å². The van der Waals surface area contributed by atoms with Crippen LogP contribution in [0.25, 0.3) is 0 Å². The lowest BCUT2D eigenvalue weighted by Gasteiger charge is -2.37. The SMILES string of the molecule is CC(C)(C)C(N)(Cc1cccc(Cl)c1)C(=O)O. The first-order valence-corrected chi connectivity index (χ1v) is 5.81. The summed E-state index contributed by atoms with van der Waals surface area (Å²) < 4.78 is 0. The van der Waals surface area contributed by atoms with Gasteiger partial charge in [-0.3, -0.25) is 4.79 Å². The first kappa shape index (κ1) is 14.0. The molecular weight excluding hydrogens is 238 g/mol. The molecule has 1 aromatic rings. The number of aliphatic carboxylic acids is 1. The van der Waals surface area contributed by atoms with Gasteiger partial charge >= 0.3 is 5.97 Å². The van der Waals surface area contributed by atoms with Crippen LogP contribution in [0.15, 0.2) is 24.3 Å². The van der Waals surface area contributed by atoms with Gasteiger partial charge in [0.05, 0.1) is 0 Å². The van der Waals surface area contributed by atoms with Gasteiger partial charge in [0.25, 0.3) is 0 Å². The summed E-state index contributed by atoms with van der Waals surface area (Å²) in [5, 5.41) is 9.93. The van der Waals surface area contributed by atoms with Crippen molar-refractivity contribution in [1.29, 1.82) is 0 Å². The van der Waals surface area contributed by atoms with E-state index in [9.17, 15) is 9.90 Å². The molecule has 0 aliphatic heterocycles. The van der Waals surface area contributed by atoms with E-state index in [1.165, 1.54) is 0 Å². The van der Waals surface area contributed by atoms with Gasteiger partial charge in [-0.15, -0.1) is 0 Å². The van der Waals surface area contributed by atoms with Gasteiger partial charge in [0.15, 0.2) is 0 Å². The van der Waals surface area contributed by atoms with Crippen molar-refractivity contribution in [3.8, 4) is 0 Å². The molecule has 17 heavy (non-hydrogen) atoms. The monoisotopic (exact) mass is 255 g/mol. The van der Waals surface area contributed by atoms with Gasteiger partial charge in [0.1, 0.15) is 5.54 Å². The second-order valence-corrected chi connectivity index (χ2v) is 5.77. The first-order valence-electron chi connectivity index (χ1n) is 5.43. The fourth-order valence-electron chi connectivity index (χ4n) is 1.63. The highest BCUT2D eigenvalue weighted by Gasteiger charge is 2.45. The Morgan fingerprint density at radius 2 is 2.00 bits per heavy atom. The van der Waals surface area contributed by atoms with Crippen LogP contribution in [-0.4, -0.2) is 16.6 Å². The van der Waals surface area contributed by atoms with E-state index in [-0.39, 0.29) is 6.42 Å². The van der Waals surface area contributed by atoms with Crippen LogP contribution in [0, 0.1) is 5.41 Å². The molecule has 1 unspecified atom stereocenters. The van der Waals surface area contributed by atoms with Crippen molar-refractivity contribution in [1.82, 2.24) is 0 Å². The summed E-state index contributed by atoms with van der Waals surface area (Å²) in [6, 6.07) is 7.13. The average Bonchev–Trinajstić information content (AvgIpc) is 2.15. The maximum absolute atomic E-state index is 11.4. The average molecular weight is 256 g/mol. The van der Waals surface area contributed by atoms with E-state index < -0.39 is 16.9 Å². The number of benzene rings is 1. The van der Waals surface area contributed by atoms with Crippen molar-refractivity contribution in [2.24, 2.45) is 11.1 Å². The van der Waals surface area contributed by atoms with Crippen LogP contribution >= 0.6 is 11.6 Å². The number of rotatable bonds is 3. The molecule has 3 N–H and O–H groups in total. The molecule has 4 heteroatoms. The minimum Gasteiger partial charge on any atom is -0.480 e. The minimum atomic E-state index is -1.31. The molecule has 0 saturated carbocycles. The Labute approximate surface area is 107 Å². The molecule has 0 spiro atoms. The number of nitrogens with two attached hydrogens (primary N) is 1. The largest absolute Gasteiger partial charge is 0.480 e. The topological polar surface area (TPSA) is 63.3 Å². The van der Waals surface area contributed by atoms with Crippen LogP contribution in [0.3, 0.4) is 0 Å². The number of hydrogen-bond donors (Lipinski definition) is 2. The van der Waals surface area contributed by atoms with Gasteiger partial charge in [-0.1, -0.05) is 44.5 Å². The molecule has 0 bridgehead atoms. The second-order valence-electron chi connectivity index (χ2n) is 5.33. The van der Waals surface area contributed by atoms with E-state index in [1.54, 1.807) is 18.2 Å². The number of carboxylic acid groups (broad SMARTS) is 1. The second kappa shape index (κ2) is 4.67. The van der Waals surface area contributed by atoms with Crippen LogP contribution < -0.4 is 5.73 Å². The molecule has 0 amide bonds. The fourth-order valence-corrected chi connectivity index (χ4v) is 1.84. The molecule has 0 aliphatic rings. The van der Waals surface area contributed by atoms with E-state index in [1.807, 2.05) is 26.8 Å². The summed E-state index contributed by atoms with van der Waals surface area (Å²) in [5.41, 5.74) is 5.04. The lowest BCUT2D eigenvalue weighted by molar-refractivity contribution is -0.147. The summed E-state index contributed by atoms with van der Waals surface area (Å²) in [5.74, 6) is -0.995. The standard InChI is InChI=1S/C13H18ClNO2/c1-12(2,3)13(15,11(16)17)8-9-5-4-6-10(14)7-9/h4-7H,8,15H2,1-3H3,(H,16,17). The van der Waals surface area contributed by atoms with Crippen molar-refractivity contribution in [3.05, 3.63) is 34.9 Å². The maximum Gasteiger partial charge on any atom is 0.324 e. The fraction of sp³-hybridized carbons (Fsp3) is 0.462. The normalized spacial score (nSPS) is 15.4. The first-order chi connectivity index (χ1) is 7.67.